The number of aliphatic hydroxyl groups excluding tert-OH is 1. The Morgan fingerprint density at radius 3 is 2.90 bits per heavy atom. The van der Waals surface area contributed by atoms with Gasteiger partial charge in [-0.2, -0.15) is 0 Å². The third kappa shape index (κ3) is 4.34. The molecule has 0 aromatic heterocycles. The Hall–Kier alpha value is -1.79. The van der Waals surface area contributed by atoms with Gasteiger partial charge < -0.3 is 10.4 Å². The van der Waals surface area contributed by atoms with Crippen LogP contribution in [0.4, 0.5) is 0 Å². The van der Waals surface area contributed by atoms with E-state index in [-0.39, 0.29) is 18.4 Å². The van der Waals surface area contributed by atoms with Gasteiger partial charge in [-0.25, -0.2) is 0 Å². The molecule has 0 spiro atoms. The highest BCUT2D eigenvalue weighted by Gasteiger charge is 2.29. The highest BCUT2D eigenvalue weighted by Crippen LogP contribution is 2.31. The van der Waals surface area contributed by atoms with Crippen molar-refractivity contribution < 1.29 is 9.90 Å². The molecule has 1 aliphatic carbocycles. The fraction of sp³-hybridized carbons (Fsp3) is 0.500. The average Bonchev–Trinajstić information content (AvgIpc) is 2.92. The SMILES string of the molecule is CC1CCCC1C(=O)NCc1ccccc1C#CCCO. The minimum Gasteiger partial charge on any atom is -0.395 e. The van der Waals surface area contributed by atoms with Crippen molar-refractivity contribution in [3.8, 4) is 11.8 Å². The topological polar surface area (TPSA) is 49.3 Å². The maximum absolute atomic E-state index is 12.2. The molecule has 2 atom stereocenters. The van der Waals surface area contributed by atoms with Crippen LogP contribution < -0.4 is 5.32 Å². The maximum atomic E-state index is 12.2. The number of carbonyl (C=O) groups excluding carboxylic acids is 1. The Morgan fingerprint density at radius 1 is 1.38 bits per heavy atom. The second kappa shape index (κ2) is 7.85. The lowest BCUT2D eigenvalue weighted by Crippen LogP contribution is -2.31. The average molecular weight is 285 g/mol. The highest BCUT2D eigenvalue weighted by molar-refractivity contribution is 5.79. The first-order valence-electron chi connectivity index (χ1n) is 7.67. The van der Waals surface area contributed by atoms with Crippen molar-refractivity contribution in [2.45, 2.75) is 39.2 Å². The van der Waals surface area contributed by atoms with Gasteiger partial charge in [0.05, 0.1) is 6.61 Å². The monoisotopic (exact) mass is 285 g/mol. The number of hydrogen-bond donors (Lipinski definition) is 2. The van der Waals surface area contributed by atoms with Crippen molar-refractivity contribution in [3.05, 3.63) is 35.4 Å². The summed E-state index contributed by atoms with van der Waals surface area (Å²) in [6, 6.07) is 7.83. The molecule has 1 saturated carbocycles. The normalized spacial score (nSPS) is 20.7. The minimum absolute atomic E-state index is 0.0749. The van der Waals surface area contributed by atoms with E-state index in [1.807, 2.05) is 24.3 Å². The smallest absolute Gasteiger partial charge is 0.223 e. The molecule has 112 valence electrons. The molecular weight excluding hydrogens is 262 g/mol. The Balaban J connectivity index is 1.97. The molecule has 1 aromatic rings. The summed E-state index contributed by atoms with van der Waals surface area (Å²) < 4.78 is 0. The van der Waals surface area contributed by atoms with Crippen LogP contribution >= 0.6 is 0 Å². The van der Waals surface area contributed by atoms with Crippen LogP contribution in [0.2, 0.25) is 0 Å². The maximum Gasteiger partial charge on any atom is 0.223 e. The van der Waals surface area contributed by atoms with E-state index < -0.39 is 0 Å². The van der Waals surface area contributed by atoms with Gasteiger partial charge in [0, 0.05) is 24.4 Å². The summed E-state index contributed by atoms with van der Waals surface area (Å²) in [7, 11) is 0. The Labute approximate surface area is 126 Å². The molecule has 1 fully saturated rings. The van der Waals surface area contributed by atoms with E-state index in [0.717, 1.165) is 30.4 Å². The number of carbonyl (C=O) groups is 1. The quantitative estimate of drug-likeness (QED) is 0.835. The molecule has 1 amide bonds. The van der Waals surface area contributed by atoms with Crippen molar-refractivity contribution in [2.75, 3.05) is 6.61 Å². The van der Waals surface area contributed by atoms with E-state index in [9.17, 15) is 4.79 Å². The second-order valence-corrected chi connectivity index (χ2v) is 5.67. The number of rotatable bonds is 4. The van der Waals surface area contributed by atoms with Crippen molar-refractivity contribution in [2.24, 2.45) is 11.8 Å². The number of hydrogen-bond acceptors (Lipinski definition) is 2. The third-order valence-electron chi connectivity index (χ3n) is 4.13. The number of amides is 1. The highest BCUT2D eigenvalue weighted by atomic mass is 16.2. The molecule has 0 saturated heterocycles. The van der Waals surface area contributed by atoms with Crippen LogP contribution in [0.15, 0.2) is 24.3 Å². The molecule has 2 rings (SSSR count). The predicted octanol–water partition coefficient (Wildman–Crippen LogP) is 2.47. The first kappa shape index (κ1) is 15.6. The Bertz CT molecular complexity index is 542. The largest absolute Gasteiger partial charge is 0.395 e. The molecular formula is C18H23NO2. The zero-order chi connectivity index (χ0) is 15.1. The molecule has 0 radical (unpaired) electrons. The lowest BCUT2D eigenvalue weighted by atomic mass is 9.97. The van der Waals surface area contributed by atoms with E-state index in [1.54, 1.807) is 0 Å². The fourth-order valence-electron chi connectivity index (χ4n) is 2.86. The van der Waals surface area contributed by atoms with Gasteiger partial charge in [-0.05, 0) is 30.4 Å². The molecule has 2 unspecified atom stereocenters. The molecule has 0 aliphatic heterocycles. The molecule has 3 heteroatoms. The van der Waals surface area contributed by atoms with E-state index in [0.29, 0.717) is 18.9 Å². The van der Waals surface area contributed by atoms with Gasteiger partial charge in [-0.1, -0.05) is 43.4 Å². The molecule has 21 heavy (non-hydrogen) atoms. The molecule has 0 heterocycles. The van der Waals surface area contributed by atoms with Gasteiger partial charge in [0.25, 0.3) is 0 Å². The number of benzene rings is 1. The van der Waals surface area contributed by atoms with Crippen LogP contribution in [0.25, 0.3) is 0 Å². The second-order valence-electron chi connectivity index (χ2n) is 5.67. The van der Waals surface area contributed by atoms with Gasteiger partial charge in [-0.3, -0.25) is 4.79 Å². The Kier molecular flexibility index (Phi) is 5.83. The van der Waals surface area contributed by atoms with E-state index in [1.165, 1.54) is 0 Å². The van der Waals surface area contributed by atoms with Crippen LogP contribution in [-0.2, 0) is 11.3 Å². The predicted molar refractivity (Wildman–Crippen MR) is 83.4 cm³/mol. The van der Waals surface area contributed by atoms with E-state index in [2.05, 4.69) is 24.1 Å². The number of aliphatic hydroxyl groups is 1. The lowest BCUT2D eigenvalue weighted by molar-refractivity contribution is -0.126. The zero-order valence-electron chi connectivity index (χ0n) is 12.6. The van der Waals surface area contributed by atoms with Gasteiger partial charge in [0.15, 0.2) is 0 Å². The van der Waals surface area contributed by atoms with Crippen LogP contribution in [0.1, 0.15) is 43.7 Å². The van der Waals surface area contributed by atoms with Crippen LogP contribution in [-0.4, -0.2) is 17.6 Å². The van der Waals surface area contributed by atoms with Crippen molar-refractivity contribution >= 4 is 5.91 Å². The fourth-order valence-corrected chi connectivity index (χ4v) is 2.86. The van der Waals surface area contributed by atoms with Crippen LogP contribution in [0.3, 0.4) is 0 Å². The van der Waals surface area contributed by atoms with Crippen LogP contribution in [0.5, 0.6) is 0 Å². The molecule has 1 aromatic carbocycles. The van der Waals surface area contributed by atoms with E-state index in [4.69, 9.17) is 5.11 Å². The standard InChI is InChI=1S/C18H23NO2/c1-14-7-6-11-17(14)18(21)19-13-16-10-3-2-8-15(16)9-4-5-12-20/h2-3,8,10,14,17,20H,5-7,11-13H2,1H3,(H,19,21). The number of nitrogens with one attached hydrogen (secondary N) is 1. The summed E-state index contributed by atoms with van der Waals surface area (Å²) in [4.78, 5) is 12.2. The molecule has 2 N–H and O–H groups in total. The molecule has 0 bridgehead atoms. The summed E-state index contributed by atoms with van der Waals surface area (Å²) in [5.74, 6) is 6.80. The summed E-state index contributed by atoms with van der Waals surface area (Å²) in [6.45, 7) is 2.75. The summed E-state index contributed by atoms with van der Waals surface area (Å²) >= 11 is 0. The zero-order valence-corrected chi connectivity index (χ0v) is 12.6. The first-order valence-corrected chi connectivity index (χ1v) is 7.67. The third-order valence-corrected chi connectivity index (χ3v) is 4.13. The molecule has 3 nitrogen and oxygen atoms in total. The summed E-state index contributed by atoms with van der Waals surface area (Å²) in [5, 5.41) is 11.8. The van der Waals surface area contributed by atoms with Gasteiger partial charge in [-0.15, -0.1) is 0 Å². The molecule has 1 aliphatic rings. The van der Waals surface area contributed by atoms with Crippen molar-refractivity contribution in [3.63, 3.8) is 0 Å². The van der Waals surface area contributed by atoms with Crippen molar-refractivity contribution in [1.82, 2.24) is 5.32 Å². The van der Waals surface area contributed by atoms with Gasteiger partial charge in [0.1, 0.15) is 0 Å². The Morgan fingerprint density at radius 2 is 2.19 bits per heavy atom. The van der Waals surface area contributed by atoms with Crippen LogP contribution in [0, 0.1) is 23.7 Å². The first-order chi connectivity index (χ1) is 10.2. The van der Waals surface area contributed by atoms with Crippen molar-refractivity contribution in [1.29, 1.82) is 0 Å². The van der Waals surface area contributed by atoms with Gasteiger partial charge in [0.2, 0.25) is 5.91 Å². The summed E-state index contributed by atoms with van der Waals surface area (Å²) in [5.41, 5.74) is 1.95. The van der Waals surface area contributed by atoms with Gasteiger partial charge >= 0.3 is 0 Å². The minimum atomic E-state index is 0.0749. The summed E-state index contributed by atoms with van der Waals surface area (Å²) in [6.07, 6.45) is 3.79. The van der Waals surface area contributed by atoms with E-state index >= 15 is 0 Å². The lowest BCUT2D eigenvalue weighted by Gasteiger charge is -2.15.